The van der Waals surface area contributed by atoms with Gasteiger partial charge in [0, 0.05) is 33.2 Å². The van der Waals surface area contributed by atoms with Crippen LogP contribution < -0.4 is 21.5 Å². The summed E-state index contributed by atoms with van der Waals surface area (Å²) in [4.78, 5) is 25.7. The molecule has 1 saturated heterocycles. The Labute approximate surface area is 111 Å². The quantitative estimate of drug-likeness (QED) is 0.762. The van der Waals surface area contributed by atoms with Crippen LogP contribution in [0.1, 0.15) is 19.8 Å². The van der Waals surface area contributed by atoms with Crippen molar-refractivity contribution in [3.8, 4) is 0 Å². The average Bonchev–Trinajstić information content (AvgIpc) is 2.91. The van der Waals surface area contributed by atoms with Crippen LogP contribution >= 0.6 is 0 Å². The summed E-state index contributed by atoms with van der Waals surface area (Å²) in [6, 6.07) is 0.392. The maximum Gasteiger partial charge on any atom is 0.346 e. The third kappa shape index (κ3) is 2.70. The Kier molecular flexibility index (Phi) is 4.04. The highest BCUT2D eigenvalue weighted by atomic mass is 16.2. The van der Waals surface area contributed by atoms with Gasteiger partial charge in [-0.15, -0.1) is 5.10 Å². The first-order chi connectivity index (χ1) is 9.04. The van der Waals surface area contributed by atoms with E-state index in [2.05, 4.69) is 10.4 Å². The molecule has 2 heterocycles. The Morgan fingerprint density at radius 2 is 2.16 bits per heavy atom. The van der Waals surface area contributed by atoms with Crippen molar-refractivity contribution in [1.82, 2.24) is 19.7 Å². The summed E-state index contributed by atoms with van der Waals surface area (Å²) in [5.74, 6) is 0.348. The first-order valence-electron chi connectivity index (χ1n) is 6.67. The number of nitrogens with one attached hydrogen (secondary N) is 1. The molecule has 1 fully saturated rings. The van der Waals surface area contributed by atoms with Gasteiger partial charge in [-0.1, -0.05) is 0 Å². The zero-order chi connectivity index (χ0) is 14.0. The summed E-state index contributed by atoms with van der Waals surface area (Å²) < 4.78 is 2.31. The maximum atomic E-state index is 12.1. The summed E-state index contributed by atoms with van der Waals surface area (Å²) in [6.07, 6.45) is 2.28. The summed E-state index contributed by atoms with van der Waals surface area (Å²) in [7, 11) is 3.05. The van der Waals surface area contributed by atoms with Gasteiger partial charge in [-0.25, -0.2) is 9.48 Å². The van der Waals surface area contributed by atoms with Crippen molar-refractivity contribution in [2.45, 2.75) is 25.8 Å². The third-order valence-electron chi connectivity index (χ3n) is 3.59. The molecule has 2 rings (SSSR count). The molecule has 19 heavy (non-hydrogen) atoms. The van der Waals surface area contributed by atoms with Crippen LogP contribution in [0.4, 0.5) is 5.82 Å². The number of rotatable bonds is 4. The van der Waals surface area contributed by atoms with E-state index < -0.39 is 5.69 Å². The molecule has 0 spiro atoms. The second kappa shape index (κ2) is 5.56. The fourth-order valence-electron chi connectivity index (χ4n) is 2.42. The molecule has 1 aromatic heterocycles. The van der Waals surface area contributed by atoms with Gasteiger partial charge in [0.25, 0.3) is 5.56 Å². The molecular formula is C12H21N5O2. The van der Waals surface area contributed by atoms with Crippen LogP contribution in [0.25, 0.3) is 0 Å². The molecule has 0 bridgehead atoms. The van der Waals surface area contributed by atoms with Crippen LogP contribution in [-0.4, -0.2) is 40.0 Å². The Hall–Kier alpha value is -1.63. The smallest absolute Gasteiger partial charge is 0.346 e. The van der Waals surface area contributed by atoms with Gasteiger partial charge in [0.2, 0.25) is 5.82 Å². The monoisotopic (exact) mass is 267 g/mol. The molecule has 0 amide bonds. The van der Waals surface area contributed by atoms with Gasteiger partial charge in [-0.2, -0.15) is 0 Å². The standard InChI is InChI=1S/C12H21N5O2/c1-4-17(8-9-6-5-7-13-9)10-11(18)15(2)12(19)16(3)14-10/h9,13H,4-8H2,1-3H3. The molecule has 1 aromatic rings. The van der Waals surface area contributed by atoms with Crippen LogP contribution in [0.2, 0.25) is 0 Å². The molecule has 0 radical (unpaired) electrons. The molecule has 1 aliphatic rings. The molecule has 7 nitrogen and oxygen atoms in total. The van der Waals surface area contributed by atoms with Crippen LogP contribution in [-0.2, 0) is 14.1 Å². The number of aromatic nitrogens is 3. The lowest BCUT2D eigenvalue weighted by atomic mass is 10.2. The van der Waals surface area contributed by atoms with Gasteiger partial charge < -0.3 is 10.2 Å². The Morgan fingerprint density at radius 1 is 1.42 bits per heavy atom. The molecule has 1 atom stereocenters. The summed E-state index contributed by atoms with van der Waals surface area (Å²) in [5.41, 5.74) is -0.730. The van der Waals surface area contributed by atoms with Crippen LogP contribution in [0.3, 0.4) is 0 Å². The molecule has 0 aliphatic carbocycles. The molecule has 1 unspecified atom stereocenters. The SMILES string of the molecule is CCN(CC1CCCN1)c1nn(C)c(=O)n(C)c1=O. The Balaban J connectivity index is 2.32. The second-order valence-electron chi connectivity index (χ2n) is 4.93. The van der Waals surface area contributed by atoms with Gasteiger partial charge in [0.05, 0.1) is 0 Å². The van der Waals surface area contributed by atoms with Gasteiger partial charge in [-0.3, -0.25) is 9.36 Å². The number of nitrogens with zero attached hydrogens (tertiary/aromatic N) is 4. The fourth-order valence-corrected chi connectivity index (χ4v) is 2.42. The lowest BCUT2D eigenvalue weighted by molar-refractivity contribution is 0.554. The van der Waals surface area contributed by atoms with E-state index in [-0.39, 0.29) is 5.56 Å². The lowest BCUT2D eigenvalue weighted by Gasteiger charge is -2.25. The van der Waals surface area contributed by atoms with E-state index in [1.54, 1.807) is 7.05 Å². The normalized spacial score (nSPS) is 18.8. The van der Waals surface area contributed by atoms with E-state index in [1.807, 2.05) is 11.8 Å². The summed E-state index contributed by atoms with van der Waals surface area (Å²) in [5, 5.41) is 7.52. The fraction of sp³-hybridized carbons (Fsp3) is 0.750. The van der Waals surface area contributed by atoms with Gasteiger partial charge in [0.15, 0.2) is 0 Å². The van der Waals surface area contributed by atoms with Crippen molar-refractivity contribution in [2.24, 2.45) is 14.1 Å². The lowest BCUT2D eigenvalue weighted by Crippen LogP contribution is -2.46. The highest BCUT2D eigenvalue weighted by Gasteiger charge is 2.21. The van der Waals surface area contributed by atoms with Crippen LogP contribution in [0.15, 0.2) is 9.59 Å². The molecule has 106 valence electrons. The van der Waals surface area contributed by atoms with Crippen molar-refractivity contribution in [3.05, 3.63) is 20.8 Å². The molecule has 7 heteroatoms. The minimum Gasteiger partial charge on any atom is -0.349 e. The summed E-state index contributed by atoms with van der Waals surface area (Å²) in [6.45, 7) is 4.46. The first kappa shape index (κ1) is 13.8. The number of anilines is 1. The Morgan fingerprint density at radius 3 is 2.74 bits per heavy atom. The van der Waals surface area contributed by atoms with Crippen molar-refractivity contribution in [3.63, 3.8) is 0 Å². The van der Waals surface area contributed by atoms with Gasteiger partial charge >= 0.3 is 5.69 Å². The zero-order valence-electron chi connectivity index (χ0n) is 11.7. The predicted octanol–water partition coefficient (Wildman–Crippen LogP) is -0.943. The average molecular weight is 267 g/mol. The van der Waals surface area contributed by atoms with Crippen molar-refractivity contribution < 1.29 is 0 Å². The van der Waals surface area contributed by atoms with Crippen molar-refractivity contribution in [2.75, 3.05) is 24.5 Å². The van der Waals surface area contributed by atoms with Gasteiger partial charge in [0.1, 0.15) is 0 Å². The predicted molar refractivity (Wildman–Crippen MR) is 73.6 cm³/mol. The number of hydrogen-bond donors (Lipinski definition) is 1. The van der Waals surface area contributed by atoms with E-state index in [0.717, 1.165) is 24.1 Å². The van der Waals surface area contributed by atoms with E-state index >= 15 is 0 Å². The highest BCUT2D eigenvalue weighted by Crippen LogP contribution is 2.10. The van der Waals surface area contributed by atoms with E-state index in [1.165, 1.54) is 18.2 Å². The minimum atomic E-state index is -0.399. The molecule has 1 aliphatic heterocycles. The van der Waals surface area contributed by atoms with Crippen molar-refractivity contribution in [1.29, 1.82) is 0 Å². The maximum absolute atomic E-state index is 12.1. The number of aryl methyl sites for hydroxylation is 1. The third-order valence-corrected chi connectivity index (χ3v) is 3.59. The van der Waals surface area contributed by atoms with Gasteiger partial charge in [-0.05, 0) is 26.3 Å². The topological polar surface area (TPSA) is 72.2 Å². The van der Waals surface area contributed by atoms with Crippen molar-refractivity contribution >= 4 is 5.82 Å². The molecule has 0 aromatic carbocycles. The molecule has 0 saturated carbocycles. The first-order valence-corrected chi connectivity index (χ1v) is 6.67. The van der Waals surface area contributed by atoms with E-state index in [9.17, 15) is 9.59 Å². The molecular weight excluding hydrogens is 246 g/mol. The number of likely N-dealkylation sites (N-methyl/N-ethyl adjacent to an activating group) is 1. The zero-order valence-corrected chi connectivity index (χ0v) is 11.7. The second-order valence-corrected chi connectivity index (χ2v) is 4.93. The molecule has 1 N–H and O–H groups in total. The minimum absolute atomic E-state index is 0.331. The van der Waals surface area contributed by atoms with Crippen LogP contribution in [0, 0.1) is 0 Å². The van der Waals surface area contributed by atoms with E-state index in [0.29, 0.717) is 18.4 Å². The van der Waals surface area contributed by atoms with Crippen LogP contribution in [0.5, 0.6) is 0 Å². The number of hydrogen-bond acceptors (Lipinski definition) is 5. The van der Waals surface area contributed by atoms with E-state index in [4.69, 9.17) is 0 Å². The highest BCUT2D eigenvalue weighted by molar-refractivity contribution is 5.34. The largest absolute Gasteiger partial charge is 0.349 e. The summed E-state index contributed by atoms with van der Waals surface area (Å²) >= 11 is 0. The Bertz CT molecular complexity index is 556.